The molecule has 0 bridgehead atoms. The highest BCUT2D eigenvalue weighted by atomic mass is 28.4. The van der Waals surface area contributed by atoms with Gasteiger partial charge in [-0.3, -0.25) is 0 Å². The zero-order chi connectivity index (χ0) is 19.4. The van der Waals surface area contributed by atoms with Gasteiger partial charge in [-0.05, 0) is 49.5 Å². The molecule has 1 fully saturated rings. The molecule has 146 valence electrons. The van der Waals surface area contributed by atoms with Crippen LogP contribution in [0.15, 0.2) is 30.9 Å². The van der Waals surface area contributed by atoms with Crippen molar-refractivity contribution in [1.82, 2.24) is 0 Å². The summed E-state index contributed by atoms with van der Waals surface area (Å²) in [7, 11) is -0.102. The molecule has 26 heavy (non-hydrogen) atoms. The number of benzene rings is 1. The number of methoxy groups -OCH3 is 1. The average Bonchev–Trinajstić information content (AvgIpc) is 2.66. The summed E-state index contributed by atoms with van der Waals surface area (Å²) in [6.07, 6.45) is 4.17. The van der Waals surface area contributed by atoms with Gasteiger partial charge in [-0.1, -0.05) is 45.9 Å². The highest BCUT2D eigenvalue weighted by molar-refractivity contribution is 6.73. The molecule has 2 atom stereocenters. The van der Waals surface area contributed by atoms with E-state index >= 15 is 0 Å². The largest absolute Gasteiger partial charge is 0.467 e. The molecule has 1 aliphatic carbocycles. The predicted molar refractivity (Wildman–Crippen MR) is 111 cm³/mol. The minimum absolute atomic E-state index is 0.122. The van der Waals surface area contributed by atoms with Crippen LogP contribution >= 0.6 is 0 Å². The first-order chi connectivity index (χ1) is 12.4. The van der Waals surface area contributed by atoms with Gasteiger partial charge >= 0.3 is 0 Å². The van der Waals surface area contributed by atoms with Gasteiger partial charge in [0.05, 0.1) is 5.60 Å². The van der Waals surface area contributed by atoms with E-state index in [1.807, 2.05) is 0 Å². The highest BCUT2D eigenvalue weighted by Crippen LogP contribution is 2.58. The first kappa shape index (κ1) is 21.2. The van der Waals surface area contributed by atoms with E-state index < -0.39 is 8.32 Å². The van der Waals surface area contributed by atoms with Crippen molar-refractivity contribution in [2.24, 2.45) is 0 Å². The summed E-state index contributed by atoms with van der Waals surface area (Å²) in [5.41, 5.74) is 1.97. The Morgan fingerprint density at radius 1 is 1.15 bits per heavy atom. The van der Waals surface area contributed by atoms with Crippen LogP contribution in [0.4, 0.5) is 0 Å². The molecule has 1 aromatic carbocycles. The molecule has 0 aromatic heterocycles. The second-order valence-corrected chi connectivity index (χ2v) is 12.5. The van der Waals surface area contributed by atoms with Crippen molar-refractivity contribution in [2.45, 2.75) is 76.6 Å². The molecular formula is C22H36O3Si. The van der Waals surface area contributed by atoms with Gasteiger partial charge in [-0.15, -0.1) is 6.58 Å². The molecule has 1 aliphatic rings. The summed E-state index contributed by atoms with van der Waals surface area (Å²) >= 11 is 0. The van der Waals surface area contributed by atoms with Crippen LogP contribution in [0.5, 0.6) is 5.75 Å². The van der Waals surface area contributed by atoms with Crippen LogP contribution in [-0.2, 0) is 14.6 Å². The summed E-state index contributed by atoms with van der Waals surface area (Å²) in [5, 5.41) is 0. The Labute approximate surface area is 160 Å². The summed E-state index contributed by atoms with van der Waals surface area (Å²) in [4.78, 5) is 0. The van der Waals surface area contributed by atoms with Gasteiger partial charge in [0, 0.05) is 18.1 Å². The molecule has 2 rings (SSSR count). The van der Waals surface area contributed by atoms with E-state index in [0.717, 1.165) is 36.7 Å². The van der Waals surface area contributed by atoms with Crippen molar-refractivity contribution in [3.63, 3.8) is 0 Å². The van der Waals surface area contributed by atoms with Crippen LogP contribution in [0.2, 0.25) is 18.1 Å². The van der Waals surface area contributed by atoms with Crippen LogP contribution in [0.25, 0.3) is 0 Å². The maximum atomic E-state index is 7.05. The SMILES string of the molecule is C=C[C@@]1(O[Si](CC)(CC)CC)CC[C@]1(C)c1ccc(C)cc1OCOC. The second-order valence-electron chi connectivity index (χ2n) is 7.82. The zero-order valence-electron chi connectivity index (χ0n) is 17.5. The molecule has 4 heteroatoms. The lowest BCUT2D eigenvalue weighted by molar-refractivity contribution is -0.0580. The van der Waals surface area contributed by atoms with Crippen LogP contribution < -0.4 is 4.74 Å². The summed E-state index contributed by atoms with van der Waals surface area (Å²) in [5.74, 6) is 0.903. The summed E-state index contributed by atoms with van der Waals surface area (Å²) in [6, 6.07) is 9.91. The molecule has 1 saturated carbocycles. The normalized spacial score (nSPS) is 25.6. The first-order valence-electron chi connectivity index (χ1n) is 9.92. The third kappa shape index (κ3) is 3.51. The van der Waals surface area contributed by atoms with E-state index in [1.165, 1.54) is 11.1 Å². The lowest BCUT2D eigenvalue weighted by atomic mass is 9.54. The van der Waals surface area contributed by atoms with E-state index in [4.69, 9.17) is 13.9 Å². The molecule has 0 N–H and O–H groups in total. The van der Waals surface area contributed by atoms with Crippen molar-refractivity contribution in [3.8, 4) is 5.75 Å². The third-order valence-electron chi connectivity index (χ3n) is 6.66. The lowest BCUT2D eigenvalue weighted by Crippen LogP contribution is -2.63. The molecular weight excluding hydrogens is 340 g/mol. The Hall–Kier alpha value is -1.10. The van der Waals surface area contributed by atoms with Crippen molar-refractivity contribution in [2.75, 3.05) is 13.9 Å². The van der Waals surface area contributed by atoms with E-state index in [-0.39, 0.29) is 17.8 Å². The number of rotatable bonds is 10. The van der Waals surface area contributed by atoms with Gasteiger partial charge in [0.25, 0.3) is 0 Å². The molecule has 0 saturated heterocycles. The standard InChI is InChI=1S/C22H36O3Si/c1-8-22(25-26(9-2,10-3)11-4)15-14-21(22,6)19-13-12-18(5)16-20(19)24-17-23-7/h8,12-13,16H,1,9-11,14-15,17H2,2-7H3/t21-,22-/m1/s1. The van der Waals surface area contributed by atoms with Crippen molar-refractivity contribution in [1.29, 1.82) is 0 Å². The number of ether oxygens (including phenoxy) is 2. The monoisotopic (exact) mass is 376 g/mol. The Kier molecular flexibility index (Phi) is 6.75. The molecule has 0 amide bonds. The molecule has 0 aliphatic heterocycles. The van der Waals surface area contributed by atoms with Crippen molar-refractivity contribution >= 4 is 8.32 Å². The van der Waals surface area contributed by atoms with Crippen LogP contribution in [0, 0.1) is 6.92 Å². The zero-order valence-corrected chi connectivity index (χ0v) is 18.5. The number of hydrogen-bond donors (Lipinski definition) is 0. The first-order valence-corrected chi connectivity index (χ1v) is 12.5. The number of hydrogen-bond acceptors (Lipinski definition) is 3. The summed E-state index contributed by atoms with van der Waals surface area (Å²) in [6.45, 7) is 15.7. The minimum atomic E-state index is -1.76. The predicted octanol–water partition coefficient (Wildman–Crippen LogP) is 5.98. The van der Waals surface area contributed by atoms with Crippen molar-refractivity contribution in [3.05, 3.63) is 42.0 Å². The quantitative estimate of drug-likeness (QED) is 0.286. The fraction of sp³-hybridized carbons (Fsp3) is 0.636. The maximum absolute atomic E-state index is 7.05. The van der Waals surface area contributed by atoms with Gasteiger partial charge in [0.15, 0.2) is 15.1 Å². The molecule has 1 aromatic rings. The lowest BCUT2D eigenvalue weighted by Gasteiger charge is -2.59. The fourth-order valence-electron chi connectivity index (χ4n) is 4.32. The van der Waals surface area contributed by atoms with Gasteiger partial charge < -0.3 is 13.9 Å². The van der Waals surface area contributed by atoms with Gasteiger partial charge in [0.2, 0.25) is 0 Å². The Morgan fingerprint density at radius 2 is 1.81 bits per heavy atom. The Balaban J connectivity index is 2.46. The van der Waals surface area contributed by atoms with Crippen LogP contribution in [-0.4, -0.2) is 27.8 Å². The van der Waals surface area contributed by atoms with E-state index in [0.29, 0.717) is 0 Å². The summed E-state index contributed by atoms with van der Waals surface area (Å²) < 4.78 is 18.1. The van der Waals surface area contributed by atoms with E-state index in [2.05, 4.69) is 65.5 Å². The van der Waals surface area contributed by atoms with Gasteiger partial charge in [0.1, 0.15) is 5.75 Å². The minimum Gasteiger partial charge on any atom is -0.467 e. The molecule has 0 unspecified atom stereocenters. The van der Waals surface area contributed by atoms with Gasteiger partial charge in [-0.2, -0.15) is 0 Å². The topological polar surface area (TPSA) is 27.7 Å². The maximum Gasteiger partial charge on any atom is 0.193 e. The van der Waals surface area contributed by atoms with Crippen molar-refractivity contribution < 1.29 is 13.9 Å². The second kappa shape index (κ2) is 8.28. The van der Waals surface area contributed by atoms with Gasteiger partial charge in [-0.25, -0.2) is 0 Å². The molecule has 0 radical (unpaired) electrons. The average molecular weight is 377 g/mol. The Bertz CT molecular complexity index is 618. The third-order valence-corrected chi connectivity index (χ3v) is 11.3. The van der Waals surface area contributed by atoms with Crippen LogP contribution in [0.3, 0.4) is 0 Å². The van der Waals surface area contributed by atoms with E-state index in [9.17, 15) is 0 Å². The van der Waals surface area contributed by atoms with E-state index in [1.54, 1.807) is 7.11 Å². The molecule has 3 nitrogen and oxygen atoms in total. The molecule has 0 spiro atoms. The number of aryl methyl sites for hydroxylation is 1. The Morgan fingerprint density at radius 3 is 2.27 bits per heavy atom. The fourth-order valence-corrected chi connectivity index (χ4v) is 7.44. The smallest absolute Gasteiger partial charge is 0.193 e. The highest BCUT2D eigenvalue weighted by Gasteiger charge is 2.59. The molecule has 0 heterocycles. The van der Waals surface area contributed by atoms with Crippen LogP contribution in [0.1, 0.15) is 51.7 Å².